The van der Waals surface area contributed by atoms with E-state index >= 15 is 0 Å². The molecular formula is C6H6O4. The summed E-state index contributed by atoms with van der Waals surface area (Å²) in [6.45, 7) is 1.06. The molecule has 0 aromatic carbocycles. The van der Waals surface area contributed by atoms with Crippen LogP contribution >= 0.6 is 0 Å². The molecule has 0 bridgehead atoms. The Labute approximate surface area is 57.8 Å². The predicted molar refractivity (Wildman–Crippen MR) is 32.0 cm³/mol. The van der Waals surface area contributed by atoms with Gasteiger partial charge in [0.15, 0.2) is 6.61 Å². The maximum Gasteiger partial charge on any atom is 0.382 e. The Balaban J connectivity index is 3.48. The highest BCUT2D eigenvalue weighted by molar-refractivity contribution is 5.86. The third-order valence-corrected chi connectivity index (χ3v) is 0.543. The Morgan fingerprint density at radius 1 is 1.60 bits per heavy atom. The monoisotopic (exact) mass is 142 g/mol. The van der Waals surface area contributed by atoms with Crippen LogP contribution in [-0.4, -0.2) is 23.7 Å². The first-order valence-electron chi connectivity index (χ1n) is 2.48. The molecule has 54 valence electrons. The summed E-state index contributed by atoms with van der Waals surface area (Å²) < 4.78 is 4.32. The summed E-state index contributed by atoms with van der Waals surface area (Å²) in [6.07, 6.45) is 0. The topological polar surface area (TPSA) is 63.6 Å². The zero-order valence-corrected chi connectivity index (χ0v) is 5.38. The van der Waals surface area contributed by atoms with Gasteiger partial charge in [-0.25, -0.2) is 4.79 Å². The zero-order chi connectivity index (χ0) is 7.98. The highest BCUT2D eigenvalue weighted by Gasteiger charge is 1.87. The van der Waals surface area contributed by atoms with Gasteiger partial charge in [-0.3, -0.25) is 4.79 Å². The number of ether oxygens (including phenoxy) is 1. The van der Waals surface area contributed by atoms with E-state index in [0.29, 0.717) is 0 Å². The summed E-state index contributed by atoms with van der Waals surface area (Å²) in [5.41, 5.74) is 0. The Morgan fingerprint density at radius 2 is 2.20 bits per heavy atom. The molecule has 0 saturated heterocycles. The first kappa shape index (κ1) is 8.50. The smallest absolute Gasteiger partial charge is 0.382 e. The van der Waals surface area contributed by atoms with Gasteiger partial charge in [0.1, 0.15) is 0 Å². The molecule has 0 aromatic rings. The quantitative estimate of drug-likeness (QED) is 0.401. The molecular weight excluding hydrogens is 136 g/mol. The Bertz CT molecular complexity index is 196. The van der Waals surface area contributed by atoms with E-state index in [1.807, 2.05) is 0 Å². The third-order valence-electron chi connectivity index (χ3n) is 0.543. The largest absolute Gasteiger partial charge is 0.472 e. The van der Waals surface area contributed by atoms with Crippen LogP contribution in [0.2, 0.25) is 0 Å². The van der Waals surface area contributed by atoms with Crippen LogP contribution < -0.4 is 0 Å². The summed E-state index contributed by atoms with van der Waals surface area (Å²) >= 11 is 0. The molecule has 4 nitrogen and oxygen atoms in total. The maximum atomic E-state index is 10.1. The molecule has 0 atom stereocenters. The lowest BCUT2D eigenvalue weighted by Crippen LogP contribution is -1.98. The van der Waals surface area contributed by atoms with Gasteiger partial charge in [0.2, 0.25) is 0 Å². The van der Waals surface area contributed by atoms with Crippen LogP contribution in [0.15, 0.2) is 0 Å². The number of hydrogen-bond donors (Lipinski definition) is 1. The van der Waals surface area contributed by atoms with Gasteiger partial charge in [-0.15, -0.1) is 0 Å². The van der Waals surface area contributed by atoms with Crippen molar-refractivity contribution in [3.8, 4) is 11.8 Å². The van der Waals surface area contributed by atoms with E-state index < -0.39 is 11.9 Å². The van der Waals surface area contributed by atoms with Crippen molar-refractivity contribution in [2.75, 3.05) is 6.61 Å². The van der Waals surface area contributed by atoms with E-state index in [1.165, 1.54) is 6.92 Å². The van der Waals surface area contributed by atoms with Crippen molar-refractivity contribution in [3.05, 3.63) is 0 Å². The fraction of sp³-hybridized carbons (Fsp3) is 0.333. The number of esters is 1. The number of hydrogen-bond acceptors (Lipinski definition) is 3. The van der Waals surface area contributed by atoms with Gasteiger partial charge < -0.3 is 9.84 Å². The van der Waals surface area contributed by atoms with E-state index in [2.05, 4.69) is 10.7 Å². The molecule has 10 heavy (non-hydrogen) atoms. The standard InChI is InChI=1S/C6H6O4/c1-5(7)10-4-2-3-6(8)9/h4H2,1H3,(H,8,9). The average Bonchev–Trinajstić information content (AvgIpc) is 1.79. The van der Waals surface area contributed by atoms with E-state index in [9.17, 15) is 9.59 Å². The molecule has 0 spiro atoms. The lowest BCUT2D eigenvalue weighted by Gasteiger charge is -1.89. The van der Waals surface area contributed by atoms with Crippen LogP contribution in [0.4, 0.5) is 0 Å². The van der Waals surface area contributed by atoms with E-state index in [-0.39, 0.29) is 6.61 Å². The Kier molecular flexibility index (Phi) is 3.73. The molecule has 0 rings (SSSR count). The molecule has 0 aliphatic rings. The van der Waals surface area contributed by atoms with Gasteiger partial charge in [-0.05, 0) is 5.92 Å². The van der Waals surface area contributed by atoms with E-state index in [0.717, 1.165) is 0 Å². The fourth-order valence-electron chi connectivity index (χ4n) is 0.249. The second-order valence-corrected chi connectivity index (χ2v) is 1.39. The first-order valence-corrected chi connectivity index (χ1v) is 2.48. The molecule has 0 unspecified atom stereocenters. The minimum atomic E-state index is -1.23. The van der Waals surface area contributed by atoms with Gasteiger partial charge in [0.25, 0.3) is 0 Å². The van der Waals surface area contributed by atoms with Crippen LogP contribution in [0.5, 0.6) is 0 Å². The van der Waals surface area contributed by atoms with Crippen molar-refractivity contribution in [2.45, 2.75) is 6.92 Å². The molecule has 4 heteroatoms. The van der Waals surface area contributed by atoms with Gasteiger partial charge in [0, 0.05) is 12.8 Å². The first-order chi connectivity index (χ1) is 4.63. The summed E-state index contributed by atoms with van der Waals surface area (Å²) in [6, 6.07) is 0. The van der Waals surface area contributed by atoms with Gasteiger partial charge in [0.05, 0.1) is 0 Å². The average molecular weight is 142 g/mol. The Morgan fingerprint density at radius 3 is 2.60 bits per heavy atom. The predicted octanol–water partition coefficient (Wildman–Crippen LogP) is -0.363. The molecule has 0 fully saturated rings. The van der Waals surface area contributed by atoms with Crippen molar-refractivity contribution in [2.24, 2.45) is 0 Å². The number of carboxylic acid groups (broad SMARTS) is 1. The highest BCUT2D eigenvalue weighted by atomic mass is 16.5. The molecule has 0 radical (unpaired) electrons. The van der Waals surface area contributed by atoms with Crippen molar-refractivity contribution < 1.29 is 19.4 Å². The van der Waals surface area contributed by atoms with Crippen molar-refractivity contribution >= 4 is 11.9 Å². The number of carbonyl (C=O) groups is 2. The molecule has 0 aliphatic heterocycles. The summed E-state index contributed by atoms with van der Waals surface area (Å²) in [7, 11) is 0. The molecule has 0 aromatic heterocycles. The van der Waals surface area contributed by atoms with Crippen LogP contribution in [0.25, 0.3) is 0 Å². The van der Waals surface area contributed by atoms with Crippen LogP contribution in [-0.2, 0) is 14.3 Å². The molecule has 1 N–H and O–H groups in total. The molecule has 0 aliphatic carbocycles. The van der Waals surface area contributed by atoms with E-state index in [1.54, 1.807) is 5.92 Å². The van der Waals surface area contributed by atoms with Gasteiger partial charge in [-0.2, -0.15) is 0 Å². The number of aliphatic carboxylic acids is 1. The second-order valence-electron chi connectivity index (χ2n) is 1.39. The van der Waals surface area contributed by atoms with Crippen molar-refractivity contribution in [1.82, 2.24) is 0 Å². The lowest BCUT2D eigenvalue weighted by molar-refractivity contribution is -0.139. The lowest BCUT2D eigenvalue weighted by atomic mass is 10.6. The van der Waals surface area contributed by atoms with Crippen LogP contribution in [0.1, 0.15) is 6.92 Å². The van der Waals surface area contributed by atoms with Gasteiger partial charge >= 0.3 is 11.9 Å². The van der Waals surface area contributed by atoms with Crippen molar-refractivity contribution in [3.63, 3.8) is 0 Å². The van der Waals surface area contributed by atoms with Crippen molar-refractivity contribution in [1.29, 1.82) is 0 Å². The minimum absolute atomic E-state index is 0.165. The molecule has 0 saturated carbocycles. The molecule has 0 heterocycles. The SMILES string of the molecule is CC(=O)OCC#CC(=O)O. The second kappa shape index (κ2) is 4.39. The number of carbonyl (C=O) groups excluding carboxylic acids is 1. The molecule has 0 amide bonds. The summed E-state index contributed by atoms with van der Waals surface area (Å²) in [5.74, 6) is 2.21. The van der Waals surface area contributed by atoms with Crippen LogP contribution in [0.3, 0.4) is 0 Å². The zero-order valence-electron chi connectivity index (χ0n) is 5.38. The van der Waals surface area contributed by atoms with E-state index in [4.69, 9.17) is 5.11 Å². The Hall–Kier alpha value is -1.50. The summed E-state index contributed by atoms with van der Waals surface area (Å²) in [5, 5.41) is 7.96. The fourth-order valence-corrected chi connectivity index (χ4v) is 0.249. The minimum Gasteiger partial charge on any atom is -0.472 e. The van der Waals surface area contributed by atoms with Crippen LogP contribution in [0, 0.1) is 11.8 Å². The third kappa shape index (κ3) is 6.50. The van der Waals surface area contributed by atoms with Gasteiger partial charge in [-0.1, -0.05) is 0 Å². The summed E-state index contributed by atoms with van der Waals surface area (Å²) in [4.78, 5) is 19.8. The normalized spacial score (nSPS) is 7.30. The highest BCUT2D eigenvalue weighted by Crippen LogP contribution is 1.72. The number of carboxylic acids is 1. The maximum absolute atomic E-state index is 10.1. The number of rotatable bonds is 1.